The molecule has 1 aromatic carbocycles. The highest BCUT2D eigenvalue weighted by Crippen LogP contribution is 2.26. The van der Waals surface area contributed by atoms with Gasteiger partial charge in [0.2, 0.25) is 11.2 Å². The van der Waals surface area contributed by atoms with Crippen LogP contribution >= 0.6 is 11.6 Å². The van der Waals surface area contributed by atoms with Gasteiger partial charge in [0, 0.05) is 14.1 Å². The molecule has 0 atom stereocenters. The van der Waals surface area contributed by atoms with Crippen molar-refractivity contribution in [3.05, 3.63) is 29.5 Å². The van der Waals surface area contributed by atoms with Crippen LogP contribution in [0.3, 0.4) is 0 Å². The monoisotopic (exact) mass is 307 g/mol. The van der Waals surface area contributed by atoms with Crippen LogP contribution in [-0.4, -0.2) is 35.7 Å². The third-order valence-electron chi connectivity index (χ3n) is 2.66. The van der Waals surface area contributed by atoms with Crippen molar-refractivity contribution < 1.29 is 4.74 Å². The van der Waals surface area contributed by atoms with E-state index >= 15 is 0 Å². The highest BCUT2D eigenvalue weighted by Gasteiger charge is 2.09. The largest absolute Gasteiger partial charge is 0.463 e. The van der Waals surface area contributed by atoms with Crippen LogP contribution in [0.2, 0.25) is 5.28 Å². The fraction of sp³-hybridized carbons (Fsp3) is 0.357. The second-order valence-corrected chi connectivity index (χ2v) is 4.93. The Labute approximate surface area is 129 Å². The summed E-state index contributed by atoms with van der Waals surface area (Å²) in [4.78, 5) is 14.2. The van der Waals surface area contributed by atoms with Gasteiger partial charge in [-0.3, -0.25) is 0 Å². The van der Waals surface area contributed by atoms with E-state index in [9.17, 15) is 0 Å². The lowest BCUT2D eigenvalue weighted by Gasteiger charge is -2.17. The van der Waals surface area contributed by atoms with Crippen molar-refractivity contribution in [1.82, 2.24) is 15.0 Å². The fourth-order valence-electron chi connectivity index (χ4n) is 1.74. The van der Waals surface area contributed by atoms with Gasteiger partial charge in [-0.15, -0.1) is 0 Å². The molecule has 0 saturated heterocycles. The number of aromatic nitrogens is 3. The Morgan fingerprint density at radius 3 is 2.67 bits per heavy atom. The van der Waals surface area contributed by atoms with E-state index in [4.69, 9.17) is 16.3 Å². The zero-order valence-corrected chi connectivity index (χ0v) is 13.1. The van der Waals surface area contributed by atoms with Crippen molar-refractivity contribution in [3.63, 3.8) is 0 Å². The molecule has 2 rings (SSSR count). The standard InChI is InChI=1S/C14H18ClN5O/c1-4-9-21-14-18-12(15)17-13(19-14)16-10-7-5-6-8-11(10)20(2)3/h5-8H,4,9H2,1-3H3,(H,16,17,18,19). The molecule has 112 valence electrons. The molecule has 0 amide bonds. The van der Waals surface area contributed by atoms with Crippen LogP contribution in [0.15, 0.2) is 24.3 Å². The second-order valence-electron chi connectivity index (χ2n) is 4.60. The molecule has 0 fully saturated rings. The summed E-state index contributed by atoms with van der Waals surface area (Å²) in [5, 5.41) is 3.24. The summed E-state index contributed by atoms with van der Waals surface area (Å²) < 4.78 is 5.39. The number of para-hydroxylation sites is 2. The van der Waals surface area contributed by atoms with E-state index < -0.39 is 0 Å². The molecule has 0 saturated carbocycles. The molecule has 1 heterocycles. The highest BCUT2D eigenvalue weighted by molar-refractivity contribution is 6.28. The van der Waals surface area contributed by atoms with E-state index in [1.165, 1.54) is 0 Å². The molecule has 0 radical (unpaired) electrons. The molecule has 1 N–H and O–H groups in total. The molecule has 21 heavy (non-hydrogen) atoms. The number of nitrogens with one attached hydrogen (secondary N) is 1. The van der Waals surface area contributed by atoms with Crippen LogP contribution in [0.1, 0.15) is 13.3 Å². The minimum absolute atomic E-state index is 0.0981. The Bertz CT molecular complexity index is 606. The highest BCUT2D eigenvalue weighted by atomic mass is 35.5. The number of hydrogen-bond donors (Lipinski definition) is 1. The molecular formula is C14H18ClN5O. The summed E-state index contributed by atoms with van der Waals surface area (Å²) in [7, 11) is 3.94. The average Bonchev–Trinajstić information content (AvgIpc) is 2.45. The average molecular weight is 308 g/mol. The van der Waals surface area contributed by atoms with Crippen molar-refractivity contribution in [2.24, 2.45) is 0 Å². The third-order valence-corrected chi connectivity index (χ3v) is 2.82. The molecule has 2 aromatic rings. The number of rotatable bonds is 6. The summed E-state index contributed by atoms with van der Waals surface area (Å²) in [6, 6.07) is 8.07. The molecule has 0 spiro atoms. The molecule has 1 aromatic heterocycles. The number of nitrogens with zero attached hydrogens (tertiary/aromatic N) is 4. The summed E-state index contributed by atoms with van der Waals surface area (Å²) in [5.74, 6) is 0.357. The van der Waals surface area contributed by atoms with Gasteiger partial charge >= 0.3 is 6.01 Å². The molecule has 0 unspecified atom stereocenters. The maximum absolute atomic E-state index is 5.90. The Balaban J connectivity index is 2.25. The lowest BCUT2D eigenvalue weighted by molar-refractivity contribution is 0.292. The predicted molar refractivity (Wildman–Crippen MR) is 84.7 cm³/mol. The summed E-state index contributed by atoms with van der Waals surface area (Å²) in [6.07, 6.45) is 0.871. The van der Waals surface area contributed by atoms with Gasteiger partial charge in [0.15, 0.2) is 0 Å². The first-order chi connectivity index (χ1) is 10.1. The van der Waals surface area contributed by atoms with E-state index in [0.29, 0.717) is 12.6 Å². The van der Waals surface area contributed by atoms with E-state index in [2.05, 4.69) is 20.3 Å². The molecule has 0 aliphatic rings. The number of hydrogen-bond acceptors (Lipinski definition) is 6. The minimum atomic E-state index is 0.0981. The molecular weight excluding hydrogens is 290 g/mol. The van der Waals surface area contributed by atoms with Crippen molar-refractivity contribution in [1.29, 1.82) is 0 Å². The normalized spacial score (nSPS) is 10.3. The predicted octanol–water partition coefficient (Wildman–Crippen LogP) is 3.12. The smallest absolute Gasteiger partial charge is 0.322 e. The molecule has 6 nitrogen and oxygen atoms in total. The lowest BCUT2D eigenvalue weighted by atomic mass is 10.2. The van der Waals surface area contributed by atoms with Crippen molar-refractivity contribution in [2.45, 2.75) is 13.3 Å². The van der Waals surface area contributed by atoms with Gasteiger partial charge in [-0.2, -0.15) is 15.0 Å². The van der Waals surface area contributed by atoms with Gasteiger partial charge in [0.25, 0.3) is 0 Å². The van der Waals surface area contributed by atoms with Gasteiger partial charge in [0.1, 0.15) is 0 Å². The number of benzene rings is 1. The lowest BCUT2D eigenvalue weighted by Crippen LogP contribution is -2.11. The minimum Gasteiger partial charge on any atom is -0.463 e. The quantitative estimate of drug-likeness (QED) is 0.884. The molecule has 7 heteroatoms. The van der Waals surface area contributed by atoms with Crippen LogP contribution < -0.4 is 15.0 Å². The maximum atomic E-state index is 5.90. The topological polar surface area (TPSA) is 63.2 Å². The Hall–Kier alpha value is -2.08. The van der Waals surface area contributed by atoms with Crippen LogP contribution in [0.5, 0.6) is 6.01 Å². The molecule has 0 bridgehead atoms. The van der Waals surface area contributed by atoms with Gasteiger partial charge < -0.3 is 15.0 Å². The van der Waals surface area contributed by atoms with Gasteiger partial charge in [-0.05, 0) is 30.2 Å². The third kappa shape index (κ3) is 4.19. The molecule has 0 aliphatic heterocycles. The van der Waals surface area contributed by atoms with E-state index in [1.807, 2.05) is 50.2 Å². The second kappa shape index (κ2) is 7.08. The van der Waals surface area contributed by atoms with E-state index in [1.54, 1.807) is 0 Å². The summed E-state index contributed by atoms with van der Waals surface area (Å²) in [6.45, 7) is 2.54. The SMILES string of the molecule is CCCOc1nc(Cl)nc(Nc2ccccc2N(C)C)n1. The first kappa shape index (κ1) is 15.3. The van der Waals surface area contributed by atoms with E-state index in [0.717, 1.165) is 17.8 Å². The number of ether oxygens (including phenoxy) is 1. The summed E-state index contributed by atoms with van der Waals surface area (Å²) >= 11 is 5.90. The fourth-order valence-corrected chi connectivity index (χ4v) is 1.89. The van der Waals surface area contributed by atoms with Crippen molar-refractivity contribution in [2.75, 3.05) is 30.9 Å². The Kier molecular flexibility index (Phi) is 5.16. The molecule has 0 aliphatic carbocycles. The Morgan fingerprint density at radius 2 is 1.95 bits per heavy atom. The first-order valence-electron chi connectivity index (χ1n) is 6.68. The summed E-state index contributed by atoms with van der Waals surface area (Å²) in [5.41, 5.74) is 1.90. The van der Waals surface area contributed by atoms with Gasteiger partial charge in [0.05, 0.1) is 18.0 Å². The van der Waals surface area contributed by atoms with Crippen LogP contribution in [-0.2, 0) is 0 Å². The maximum Gasteiger partial charge on any atom is 0.322 e. The van der Waals surface area contributed by atoms with Gasteiger partial charge in [-0.1, -0.05) is 19.1 Å². The zero-order valence-electron chi connectivity index (χ0n) is 12.3. The van der Waals surface area contributed by atoms with Crippen LogP contribution in [0.25, 0.3) is 0 Å². The van der Waals surface area contributed by atoms with Crippen LogP contribution in [0.4, 0.5) is 17.3 Å². The Morgan fingerprint density at radius 1 is 1.19 bits per heavy atom. The number of halogens is 1. The zero-order chi connectivity index (χ0) is 15.2. The number of anilines is 3. The first-order valence-corrected chi connectivity index (χ1v) is 7.05. The van der Waals surface area contributed by atoms with Crippen LogP contribution in [0, 0.1) is 0 Å². The van der Waals surface area contributed by atoms with Gasteiger partial charge in [-0.25, -0.2) is 0 Å². The van der Waals surface area contributed by atoms with E-state index in [-0.39, 0.29) is 11.3 Å². The van der Waals surface area contributed by atoms with Crippen molar-refractivity contribution in [3.8, 4) is 6.01 Å². The van der Waals surface area contributed by atoms with Crippen molar-refractivity contribution >= 4 is 28.9 Å².